The Morgan fingerprint density at radius 3 is 2.95 bits per heavy atom. The topological polar surface area (TPSA) is 68.0 Å². The molecule has 0 spiro atoms. The van der Waals surface area contributed by atoms with E-state index in [1.54, 1.807) is 17.4 Å². The predicted octanol–water partition coefficient (Wildman–Crippen LogP) is 3.75. The molecule has 98 valence electrons. The molecule has 0 atom stereocenters. The van der Waals surface area contributed by atoms with Gasteiger partial charge in [-0.25, -0.2) is 9.97 Å². The summed E-state index contributed by atoms with van der Waals surface area (Å²) in [6.07, 6.45) is 2.87. The summed E-state index contributed by atoms with van der Waals surface area (Å²) in [7, 11) is 0. The van der Waals surface area contributed by atoms with Crippen LogP contribution in [0, 0.1) is 0 Å². The number of carbonyl (C=O) groups excluding carboxylic acids is 1. The van der Waals surface area contributed by atoms with E-state index in [0.717, 1.165) is 20.4 Å². The zero-order valence-corrected chi connectivity index (χ0v) is 11.6. The van der Waals surface area contributed by atoms with Crippen LogP contribution in [0.1, 0.15) is 10.4 Å². The summed E-state index contributed by atoms with van der Waals surface area (Å²) in [6, 6.07) is 5.47. The molecule has 3 aromatic heterocycles. The molecule has 0 bridgehead atoms. The molecule has 1 amide bonds. The van der Waals surface area contributed by atoms with Crippen molar-refractivity contribution in [2.24, 2.45) is 0 Å². The van der Waals surface area contributed by atoms with Crippen LogP contribution < -0.4 is 5.32 Å². The third-order valence-corrected chi connectivity index (χ3v) is 4.85. The number of nitrogens with one attached hydrogen (secondary N) is 1. The normalized spacial score (nSPS) is 11.2. The lowest BCUT2D eigenvalue weighted by Gasteiger charge is -1.96. The molecule has 4 aromatic rings. The summed E-state index contributed by atoms with van der Waals surface area (Å²) in [5.41, 5.74) is 4.12. The molecular formula is C13H7N3O2S2. The highest BCUT2D eigenvalue weighted by Crippen LogP contribution is 2.34. The van der Waals surface area contributed by atoms with Crippen molar-refractivity contribution < 1.29 is 9.21 Å². The van der Waals surface area contributed by atoms with Crippen molar-refractivity contribution in [3.05, 3.63) is 41.8 Å². The molecule has 20 heavy (non-hydrogen) atoms. The van der Waals surface area contributed by atoms with Gasteiger partial charge in [-0.3, -0.25) is 10.1 Å². The first-order valence-corrected chi connectivity index (χ1v) is 7.47. The minimum absolute atomic E-state index is 0.224. The molecule has 0 aliphatic heterocycles. The van der Waals surface area contributed by atoms with E-state index in [9.17, 15) is 4.79 Å². The number of aromatic nitrogens is 2. The van der Waals surface area contributed by atoms with Crippen molar-refractivity contribution in [2.45, 2.75) is 0 Å². The Labute approximate surface area is 120 Å². The Morgan fingerprint density at radius 1 is 1.20 bits per heavy atom. The first kappa shape index (κ1) is 11.6. The largest absolute Gasteiger partial charge is 0.472 e. The molecule has 4 rings (SSSR count). The molecule has 0 saturated carbocycles. The van der Waals surface area contributed by atoms with Gasteiger partial charge in [0.05, 0.1) is 37.8 Å². The predicted molar refractivity (Wildman–Crippen MR) is 79.5 cm³/mol. The molecule has 7 heteroatoms. The van der Waals surface area contributed by atoms with Gasteiger partial charge in [0.25, 0.3) is 5.91 Å². The van der Waals surface area contributed by atoms with E-state index < -0.39 is 0 Å². The van der Waals surface area contributed by atoms with Gasteiger partial charge in [-0.2, -0.15) is 0 Å². The molecule has 0 fully saturated rings. The van der Waals surface area contributed by atoms with Gasteiger partial charge in [0.2, 0.25) is 0 Å². The molecule has 0 unspecified atom stereocenters. The first-order chi connectivity index (χ1) is 9.81. The van der Waals surface area contributed by atoms with Crippen molar-refractivity contribution >= 4 is 54.1 Å². The molecular weight excluding hydrogens is 294 g/mol. The van der Waals surface area contributed by atoms with Gasteiger partial charge in [0.1, 0.15) is 6.26 Å². The Kier molecular flexibility index (Phi) is 2.54. The zero-order chi connectivity index (χ0) is 13.5. The number of hydrogen-bond donors (Lipinski definition) is 1. The summed E-state index contributed by atoms with van der Waals surface area (Å²) >= 11 is 3.03. The van der Waals surface area contributed by atoms with Crippen LogP contribution in [0.15, 0.2) is 40.7 Å². The lowest BCUT2D eigenvalue weighted by atomic mass is 10.3. The van der Waals surface area contributed by atoms with Gasteiger partial charge in [-0.1, -0.05) is 11.3 Å². The van der Waals surface area contributed by atoms with E-state index in [4.69, 9.17) is 4.42 Å². The van der Waals surface area contributed by atoms with Gasteiger partial charge in [-0.15, -0.1) is 11.3 Å². The van der Waals surface area contributed by atoms with E-state index >= 15 is 0 Å². The maximum absolute atomic E-state index is 12.0. The van der Waals surface area contributed by atoms with Crippen LogP contribution in [-0.2, 0) is 0 Å². The van der Waals surface area contributed by atoms with Crippen LogP contribution in [0.2, 0.25) is 0 Å². The molecule has 1 aromatic carbocycles. The molecule has 1 N–H and O–H groups in total. The van der Waals surface area contributed by atoms with E-state index in [0.29, 0.717) is 10.7 Å². The first-order valence-electron chi connectivity index (χ1n) is 5.77. The average molecular weight is 301 g/mol. The fraction of sp³-hybridized carbons (Fsp3) is 0. The maximum atomic E-state index is 12.0. The van der Waals surface area contributed by atoms with Crippen molar-refractivity contribution in [3.8, 4) is 0 Å². The number of rotatable bonds is 2. The van der Waals surface area contributed by atoms with Crippen molar-refractivity contribution in [2.75, 3.05) is 5.32 Å². The number of anilines is 1. The van der Waals surface area contributed by atoms with Crippen molar-refractivity contribution in [1.29, 1.82) is 0 Å². The van der Waals surface area contributed by atoms with Gasteiger partial charge >= 0.3 is 0 Å². The SMILES string of the molecule is O=C(Nc1nc2ccc3ncsc3c2s1)c1ccoc1. The third kappa shape index (κ3) is 1.79. The molecule has 0 aliphatic rings. The average Bonchev–Trinajstić information content (AvgIpc) is 3.17. The van der Waals surface area contributed by atoms with E-state index in [2.05, 4.69) is 15.3 Å². The number of nitrogens with zero attached hydrogens (tertiary/aromatic N) is 2. The van der Waals surface area contributed by atoms with Crippen LogP contribution in [0.4, 0.5) is 5.13 Å². The van der Waals surface area contributed by atoms with Crippen molar-refractivity contribution in [3.63, 3.8) is 0 Å². The molecule has 5 nitrogen and oxygen atoms in total. The number of thiazole rings is 2. The van der Waals surface area contributed by atoms with Crippen molar-refractivity contribution in [1.82, 2.24) is 9.97 Å². The highest BCUT2D eigenvalue weighted by atomic mass is 32.1. The fourth-order valence-corrected chi connectivity index (χ4v) is 3.82. The number of amides is 1. The second kappa shape index (κ2) is 4.39. The second-order valence-corrected chi connectivity index (χ2v) is 5.95. The van der Waals surface area contributed by atoms with Gasteiger partial charge in [0, 0.05) is 0 Å². The minimum atomic E-state index is -0.224. The Hall–Kier alpha value is -2.25. The summed E-state index contributed by atoms with van der Waals surface area (Å²) < 4.78 is 7.04. The van der Waals surface area contributed by atoms with E-state index in [-0.39, 0.29) is 5.91 Å². The van der Waals surface area contributed by atoms with Crippen LogP contribution in [-0.4, -0.2) is 15.9 Å². The van der Waals surface area contributed by atoms with Crippen LogP contribution >= 0.6 is 22.7 Å². The lowest BCUT2D eigenvalue weighted by Crippen LogP contribution is -2.10. The highest BCUT2D eigenvalue weighted by Gasteiger charge is 2.13. The third-order valence-electron chi connectivity index (χ3n) is 2.86. The Bertz CT molecular complexity index is 908. The Morgan fingerprint density at radius 2 is 2.10 bits per heavy atom. The van der Waals surface area contributed by atoms with Gasteiger partial charge in [-0.05, 0) is 18.2 Å². The fourth-order valence-electron chi connectivity index (χ4n) is 1.93. The smallest absolute Gasteiger partial charge is 0.260 e. The summed E-state index contributed by atoms with van der Waals surface area (Å²) in [5.74, 6) is -0.224. The molecule has 0 saturated heterocycles. The second-order valence-electron chi connectivity index (χ2n) is 4.10. The number of hydrogen-bond acceptors (Lipinski definition) is 6. The van der Waals surface area contributed by atoms with E-state index in [1.165, 1.54) is 23.9 Å². The minimum Gasteiger partial charge on any atom is -0.472 e. The highest BCUT2D eigenvalue weighted by molar-refractivity contribution is 7.28. The van der Waals surface area contributed by atoms with Crippen LogP contribution in [0.3, 0.4) is 0 Å². The summed E-state index contributed by atoms with van der Waals surface area (Å²) in [4.78, 5) is 20.7. The molecule has 0 radical (unpaired) electrons. The maximum Gasteiger partial charge on any atom is 0.260 e. The standard InChI is InChI=1S/C13H7N3O2S2/c17-12(7-3-4-18-5-7)16-13-15-9-2-1-8-10(11(9)20-13)19-6-14-8/h1-6H,(H,15,16,17). The summed E-state index contributed by atoms with van der Waals surface area (Å²) in [5, 5.41) is 3.36. The van der Waals surface area contributed by atoms with E-state index in [1.807, 2.05) is 17.6 Å². The van der Waals surface area contributed by atoms with Crippen LogP contribution in [0.25, 0.3) is 20.4 Å². The number of fused-ring (bicyclic) bond motifs is 3. The quantitative estimate of drug-likeness (QED) is 0.612. The summed E-state index contributed by atoms with van der Waals surface area (Å²) in [6.45, 7) is 0. The molecule has 3 heterocycles. The number of benzene rings is 1. The molecule has 0 aliphatic carbocycles. The zero-order valence-electron chi connectivity index (χ0n) is 9.99. The van der Waals surface area contributed by atoms with Gasteiger partial charge in [0.15, 0.2) is 5.13 Å². The number of carbonyl (C=O) groups is 1. The monoisotopic (exact) mass is 301 g/mol. The Balaban J connectivity index is 1.75. The van der Waals surface area contributed by atoms with Crippen LogP contribution in [0.5, 0.6) is 0 Å². The number of furan rings is 1. The lowest BCUT2D eigenvalue weighted by molar-refractivity contribution is 0.102. The van der Waals surface area contributed by atoms with Gasteiger partial charge < -0.3 is 4.42 Å².